The van der Waals surface area contributed by atoms with E-state index in [0.29, 0.717) is 4.90 Å². The van der Waals surface area contributed by atoms with E-state index in [4.69, 9.17) is 5.73 Å². The molecular weight excluding hydrogens is 272 g/mol. The third kappa shape index (κ3) is 3.00. The largest absolute Gasteiger partial charge is 0.329 e. The zero-order valence-corrected chi connectivity index (χ0v) is 11.3. The highest BCUT2D eigenvalue weighted by molar-refractivity contribution is 7.89. The Bertz CT molecular complexity index is 624. The highest BCUT2D eigenvalue weighted by Gasteiger charge is 2.15. The number of rotatable bonds is 4. The minimum absolute atomic E-state index is 0. The number of hydrogen-bond donors (Lipinski definition) is 2. The molecule has 0 bridgehead atoms. The van der Waals surface area contributed by atoms with E-state index in [1.165, 1.54) is 0 Å². The van der Waals surface area contributed by atoms with Crippen molar-refractivity contribution >= 4 is 33.2 Å². The van der Waals surface area contributed by atoms with Gasteiger partial charge in [0.1, 0.15) is 0 Å². The fraction of sp³-hybridized carbons (Fsp3) is 0.167. The lowest BCUT2D eigenvalue weighted by molar-refractivity contribution is 0.583. The molecule has 3 N–H and O–H groups in total. The van der Waals surface area contributed by atoms with E-state index in [0.717, 1.165) is 10.8 Å². The first-order valence-corrected chi connectivity index (χ1v) is 6.81. The molecule has 0 amide bonds. The molecule has 0 saturated carbocycles. The molecule has 0 radical (unpaired) electrons. The highest BCUT2D eigenvalue weighted by atomic mass is 35.5. The fourth-order valence-corrected chi connectivity index (χ4v) is 2.98. The number of fused-ring (bicyclic) bond motifs is 1. The van der Waals surface area contributed by atoms with Crippen LogP contribution in [0.3, 0.4) is 0 Å². The molecule has 0 aromatic heterocycles. The fourth-order valence-electron chi connectivity index (χ4n) is 1.70. The number of nitrogens with two attached hydrogens (primary N) is 1. The first-order valence-electron chi connectivity index (χ1n) is 5.32. The van der Waals surface area contributed by atoms with E-state index in [1.807, 2.05) is 24.3 Å². The van der Waals surface area contributed by atoms with Crippen LogP contribution in [-0.2, 0) is 10.0 Å². The Morgan fingerprint density at radius 3 is 2.44 bits per heavy atom. The van der Waals surface area contributed by atoms with Crippen molar-refractivity contribution in [2.75, 3.05) is 13.1 Å². The van der Waals surface area contributed by atoms with Crippen molar-refractivity contribution in [1.82, 2.24) is 4.72 Å². The Labute approximate surface area is 113 Å². The zero-order chi connectivity index (χ0) is 12.3. The average molecular weight is 287 g/mol. The van der Waals surface area contributed by atoms with Crippen molar-refractivity contribution in [3.63, 3.8) is 0 Å². The molecule has 98 valence electrons. The highest BCUT2D eigenvalue weighted by Crippen LogP contribution is 2.22. The minimum atomic E-state index is -3.48. The van der Waals surface area contributed by atoms with Gasteiger partial charge in [0.25, 0.3) is 0 Å². The van der Waals surface area contributed by atoms with Gasteiger partial charge in [-0.3, -0.25) is 0 Å². The molecule has 2 aromatic rings. The predicted octanol–water partition coefficient (Wildman–Crippen LogP) is 1.50. The maximum atomic E-state index is 12.0. The summed E-state index contributed by atoms with van der Waals surface area (Å²) in [6.45, 7) is 0.523. The summed E-state index contributed by atoms with van der Waals surface area (Å²) in [5.41, 5.74) is 5.30. The molecule has 0 aliphatic heterocycles. The molecule has 2 aromatic carbocycles. The van der Waals surface area contributed by atoms with Crippen LogP contribution >= 0.6 is 12.4 Å². The van der Waals surface area contributed by atoms with Gasteiger partial charge in [-0.2, -0.15) is 0 Å². The summed E-state index contributed by atoms with van der Waals surface area (Å²) in [5.74, 6) is 0. The maximum absolute atomic E-state index is 12.0. The van der Waals surface area contributed by atoms with E-state index in [2.05, 4.69) is 4.72 Å². The number of nitrogens with one attached hydrogen (secondary N) is 1. The van der Waals surface area contributed by atoms with Crippen molar-refractivity contribution in [1.29, 1.82) is 0 Å². The molecule has 0 atom stereocenters. The Kier molecular flexibility index (Phi) is 5.10. The van der Waals surface area contributed by atoms with Gasteiger partial charge in [-0.05, 0) is 11.5 Å². The Morgan fingerprint density at radius 2 is 1.72 bits per heavy atom. The van der Waals surface area contributed by atoms with Gasteiger partial charge in [0.05, 0.1) is 4.90 Å². The molecule has 6 heteroatoms. The summed E-state index contributed by atoms with van der Waals surface area (Å²) in [7, 11) is -3.48. The summed E-state index contributed by atoms with van der Waals surface area (Å²) >= 11 is 0. The Balaban J connectivity index is 0.00000162. The Morgan fingerprint density at radius 1 is 1.06 bits per heavy atom. The second-order valence-corrected chi connectivity index (χ2v) is 5.40. The van der Waals surface area contributed by atoms with E-state index < -0.39 is 10.0 Å². The topological polar surface area (TPSA) is 72.2 Å². The molecule has 18 heavy (non-hydrogen) atoms. The van der Waals surface area contributed by atoms with Crippen LogP contribution in [0.25, 0.3) is 10.8 Å². The van der Waals surface area contributed by atoms with Crippen molar-refractivity contribution in [2.24, 2.45) is 5.73 Å². The monoisotopic (exact) mass is 286 g/mol. The van der Waals surface area contributed by atoms with Crippen LogP contribution in [0.2, 0.25) is 0 Å². The van der Waals surface area contributed by atoms with Gasteiger partial charge in [-0.1, -0.05) is 36.4 Å². The molecule has 2 rings (SSSR count). The normalized spacial score (nSPS) is 11.2. The van der Waals surface area contributed by atoms with Gasteiger partial charge in [-0.15, -0.1) is 12.4 Å². The number of halogens is 1. The van der Waals surface area contributed by atoms with Gasteiger partial charge in [0, 0.05) is 18.5 Å². The number of hydrogen-bond acceptors (Lipinski definition) is 3. The lowest BCUT2D eigenvalue weighted by atomic mass is 10.1. The van der Waals surface area contributed by atoms with Gasteiger partial charge in [0.15, 0.2) is 0 Å². The molecule has 0 unspecified atom stereocenters. The predicted molar refractivity (Wildman–Crippen MR) is 75.4 cm³/mol. The summed E-state index contributed by atoms with van der Waals surface area (Å²) < 4.78 is 26.5. The third-order valence-corrected chi connectivity index (χ3v) is 3.99. The SMILES string of the molecule is Cl.NCCNS(=O)(=O)c1cccc2ccccc12. The Hall–Kier alpha value is -1.14. The average Bonchev–Trinajstić information content (AvgIpc) is 2.36. The minimum Gasteiger partial charge on any atom is -0.329 e. The van der Waals surface area contributed by atoms with Gasteiger partial charge >= 0.3 is 0 Å². The van der Waals surface area contributed by atoms with Gasteiger partial charge in [0.2, 0.25) is 10.0 Å². The second-order valence-electron chi connectivity index (χ2n) is 3.66. The van der Waals surface area contributed by atoms with Gasteiger partial charge in [-0.25, -0.2) is 13.1 Å². The molecular formula is C12H15ClN2O2S. The number of sulfonamides is 1. The van der Waals surface area contributed by atoms with Gasteiger partial charge < -0.3 is 5.73 Å². The van der Waals surface area contributed by atoms with Crippen LogP contribution in [-0.4, -0.2) is 21.5 Å². The standard InChI is InChI=1S/C12H14N2O2S.ClH/c13-8-9-14-17(15,16)12-7-3-5-10-4-1-2-6-11(10)12;/h1-7,14H,8-9,13H2;1H. The van der Waals surface area contributed by atoms with Crippen molar-refractivity contribution in [3.05, 3.63) is 42.5 Å². The van der Waals surface area contributed by atoms with Crippen LogP contribution < -0.4 is 10.5 Å². The van der Waals surface area contributed by atoms with Crippen LogP contribution in [0.4, 0.5) is 0 Å². The summed E-state index contributed by atoms with van der Waals surface area (Å²) in [4.78, 5) is 0.295. The summed E-state index contributed by atoms with van der Waals surface area (Å²) in [6, 6.07) is 12.6. The summed E-state index contributed by atoms with van der Waals surface area (Å²) in [5, 5.41) is 1.63. The van der Waals surface area contributed by atoms with Crippen molar-refractivity contribution in [2.45, 2.75) is 4.90 Å². The van der Waals surface area contributed by atoms with E-state index in [9.17, 15) is 8.42 Å². The molecule has 0 aliphatic rings. The van der Waals surface area contributed by atoms with Crippen molar-refractivity contribution in [3.8, 4) is 0 Å². The quantitative estimate of drug-likeness (QED) is 0.895. The molecule has 4 nitrogen and oxygen atoms in total. The molecule has 0 aliphatic carbocycles. The lowest BCUT2D eigenvalue weighted by Crippen LogP contribution is -2.29. The van der Waals surface area contributed by atoms with Crippen LogP contribution in [0.5, 0.6) is 0 Å². The second kappa shape index (κ2) is 6.15. The molecule has 0 spiro atoms. The molecule has 0 fully saturated rings. The van der Waals surface area contributed by atoms with Crippen LogP contribution in [0, 0.1) is 0 Å². The molecule has 0 heterocycles. The smallest absolute Gasteiger partial charge is 0.241 e. The van der Waals surface area contributed by atoms with E-state index in [-0.39, 0.29) is 25.5 Å². The lowest BCUT2D eigenvalue weighted by Gasteiger charge is -2.08. The van der Waals surface area contributed by atoms with Crippen LogP contribution in [0.1, 0.15) is 0 Å². The van der Waals surface area contributed by atoms with E-state index in [1.54, 1.807) is 18.2 Å². The third-order valence-electron chi connectivity index (χ3n) is 2.48. The zero-order valence-electron chi connectivity index (χ0n) is 9.67. The summed E-state index contributed by atoms with van der Waals surface area (Å²) in [6.07, 6.45) is 0. The first-order chi connectivity index (χ1) is 8.15. The first kappa shape index (κ1) is 14.9. The molecule has 0 saturated heterocycles. The van der Waals surface area contributed by atoms with E-state index >= 15 is 0 Å². The van der Waals surface area contributed by atoms with Crippen LogP contribution in [0.15, 0.2) is 47.4 Å². The maximum Gasteiger partial charge on any atom is 0.241 e. The number of benzene rings is 2. The van der Waals surface area contributed by atoms with Crippen molar-refractivity contribution < 1.29 is 8.42 Å².